The van der Waals surface area contributed by atoms with Crippen LogP contribution in [0, 0.1) is 5.82 Å². The normalized spacial score (nSPS) is 11.4. The molecule has 0 aliphatic rings. The quantitative estimate of drug-likeness (QED) is 0.646. The minimum atomic E-state index is -0.617. The van der Waals surface area contributed by atoms with Gasteiger partial charge in [-0.3, -0.25) is 9.59 Å². The van der Waals surface area contributed by atoms with Gasteiger partial charge in [0.05, 0.1) is 12.1 Å². The number of nitrogens with one attached hydrogen (secondary N) is 2. The summed E-state index contributed by atoms with van der Waals surface area (Å²) in [7, 11) is 0. The van der Waals surface area contributed by atoms with Crippen molar-refractivity contribution in [3.63, 3.8) is 0 Å². The summed E-state index contributed by atoms with van der Waals surface area (Å²) in [4.78, 5) is 31.7. The van der Waals surface area contributed by atoms with Gasteiger partial charge in [0.1, 0.15) is 17.0 Å². The van der Waals surface area contributed by atoms with E-state index >= 15 is 0 Å². The van der Waals surface area contributed by atoms with E-state index in [0.29, 0.717) is 22.7 Å². The number of carbonyl (C=O) groups excluding carboxylic acids is 1. The molecule has 1 heterocycles. The predicted octanol–water partition coefficient (Wildman–Crippen LogP) is 3.42. The topological polar surface area (TPSA) is 93.3 Å². The van der Waals surface area contributed by atoms with Gasteiger partial charge in [-0.05, 0) is 52.0 Å². The number of ether oxygens (including phenoxy) is 2. The van der Waals surface area contributed by atoms with Gasteiger partial charge in [-0.1, -0.05) is 12.1 Å². The number of benzene rings is 2. The summed E-state index contributed by atoms with van der Waals surface area (Å²) >= 11 is 0. The lowest BCUT2D eigenvalue weighted by atomic mass is 10.1. The number of aromatic nitrogens is 2. The van der Waals surface area contributed by atoms with Gasteiger partial charge < -0.3 is 19.8 Å². The third-order valence-corrected chi connectivity index (χ3v) is 4.06. The Morgan fingerprint density at radius 1 is 1.20 bits per heavy atom. The summed E-state index contributed by atoms with van der Waals surface area (Å²) in [6.45, 7) is 7.45. The van der Waals surface area contributed by atoms with Crippen molar-refractivity contribution in [2.24, 2.45) is 0 Å². The number of aromatic amines is 1. The Morgan fingerprint density at radius 3 is 2.67 bits per heavy atom. The zero-order chi connectivity index (χ0) is 21.9. The van der Waals surface area contributed by atoms with Crippen molar-refractivity contribution in [3.8, 4) is 22.9 Å². The SMILES string of the molecule is CCOc1c(F)ccc2nc(-c3cccc(OCC(=O)NC(C)(C)C)c3)[nH]c(=O)c12. The monoisotopic (exact) mass is 413 g/mol. The van der Waals surface area contributed by atoms with Crippen LogP contribution in [0.3, 0.4) is 0 Å². The van der Waals surface area contributed by atoms with E-state index in [0.717, 1.165) is 0 Å². The number of hydrogen-bond donors (Lipinski definition) is 2. The van der Waals surface area contributed by atoms with Gasteiger partial charge in [-0.25, -0.2) is 9.37 Å². The zero-order valence-corrected chi connectivity index (χ0v) is 17.3. The van der Waals surface area contributed by atoms with Crippen molar-refractivity contribution in [1.82, 2.24) is 15.3 Å². The summed E-state index contributed by atoms with van der Waals surface area (Å²) in [5, 5.41) is 2.88. The molecule has 0 unspecified atom stereocenters. The minimum Gasteiger partial charge on any atom is -0.490 e. The van der Waals surface area contributed by atoms with Gasteiger partial charge in [-0.2, -0.15) is 0 Å². The Kier molecular flexibility index (Phi) is 6.05. The highest BCUT2D eigenvalue weighted by molar-refractivity contribution is 5.85. The molecule has 0 saturated heterocycles. The van der Waals surface area contributed by atoms with Crippen molar-refractivity contribution in [3.05, 3.63) is 52.6 Å². The maximum Gasteiger partial charge on any atom is 0.262 e. The Labute approximate surface area is 173 Å². The lowest BCUT2D eigenvalue weighted by Gasteiger charge is -2.20. The number of amides is 1. The molecule has 1 amide bonds. The van der Waals surface area contributed by atoms with Crippen molar-refractivity contribution in [2.45, 2.75) is 33.2 Å². The highest BCUT2D eigenvalue weighted by Gasteiger charge is 2.16. The smallest absolute Gasteiger partial charge is 0.262 e. The molecule has 0 aliphatic heterocycles. The molecule has 2 aromatic carbocycles. The van der Waals surface area contributed by atoms with Crippen LogP contribution < -0.4 is 20.3 Å². The predicted molar refractivity (Wildman–Crippen MR) is 112 cm³/mol. The molecule has 0 fully saturated rings. The third-order valence-electron chi connectivity index (χ3n) is 4.06. The molecular formula is C22H24FN3O4. The van der Waals surface area contributed by atoms with Crippen LogP contribution in [0.25, 0.3) is 22.3 Å². The Balaban J connectivity index is 1.89. The average molecular weight is 413 g/mol. The lowest BCUT2D eigenvalue weighted by molar-refractivity contribution is -0.124. The van der Waals surface area contributed by atoms with E-state index in [4.69, 9.17) is 9.47 Å². The second-order valence-electron chi connectivity index (χ2n) is 7.73. The van der Waals surface area contributed by atoms with Crippen molar-refractivity contribution in [2.75, 3.05) is 13.2 Å². The molecule has 3 rings (SSSR count). The average Bonchev–Trinajstić information content (AvgIpc) is 2.67. The Morgan fingerprint density at radius 2 is 1.97 bits per heavy atom. The molecule has 3 aromatic rings. The van der Waals surface area contributed by atoms with E-state index in [1.165, 1.54) is 12.1 Å². The summed E-state index contributed by atoms with van der Waals surface area (Å²) in [6.07, 6.45) is 0. The number of H-pyrrole nitrogens is 1. The molecule has 7 nitrogen and oxygen atoms in total. The number of rotatable bonds is 6. The van der Waals surface area contributed by atoms with Crippen molar-refractivity contribution in [1.29, 1.82) is 0 Å². The van der Waals surface area contributed by atoms with Crippen LogP contribution in [0.4, 0.5) is 4.39 Å². The van der Waals surface area contributed by atoms with Crippen LogP contribution in [0.5, 0.6) is 11.5 Å². The van der Waals surface area contributed by atoms with Gasteiger partial charge in [0.15, 0.2) is 18.2 Å². The number of hydrogen-bond acceptors (Lipinski definition) is 5. The van der Waals surface area contributed by atoms with E-state index in [1.54, 1.807) is 31.2 Å². The fourth-order valence-corrected chi connectivity index (χ4v) is 2.94. The largest absolute Gasteiger partial charge is 0.490 e. The summed E-state index contributed by atoms with van der Waals surface area (Å²) in [6, 6.07) is 9.50. The van der Waals surface area contributed by atoms with Crippen LogP contribution in [-0.2, 0) is 4.79 Å². The fourth-order valence-electron chi connectivity index (χ4n) is 2.94. The second-order valence-corrected chi connectivity index (χ2v) is 7.73. The molecule has 0 saturated carbocycles. The third kappa shape index (κ3) is 4.94. The van der Waals surface area contributed by atoms with Crippen LogP contribution in [0.2, 0.25) is 0 Å². The highest BCUT2D eigenvalue weighted by atomic mass is 19.1. The maximum absolute atomic E-state index is 14.1. The Bertz CT molecular complexity index is 1140. The number of nitrogens with zero attached hydrogens (tertiary/aromatic N) is 1. The van der Waals surface area contributed by atoms with Crippen molar-refractivity contribution >= 4 is 16.8 Å². The van der Waals surface area contributed by atoms with Crippen LogP contribution >= 0.6 is 0 Å². The first kappa shape index (κ1) is 21.3. The molecule has 0 spiro atoms. The lowest BCUT2D eigenvalue weighted by Crippen LogP contribution is -2.43. The van der Waals surface area contributed by atoms with Gasteiger partial charge >= 0.3 is 0 Å². The molecular weight excluding hydrogens is 389 g/mol. The maximum atomic E-state index is 14.1. The molecule has 30 heavy (non-hydrogen) atoms. The molecule has 0 bridgehead atoms. The van der Waals surface area contributed by atoms with Gasteiger partial charge in [0.25, 0.3) is 11.5 Å². The summed E-state index contributed by atoms with van der Waals surface area (Å²) in [5.74, 6) is -0.222. The first-order valence-electron chi connectivity index (χ1n) is 9.57. The molecule has 1 aromatic heterocycles. The molecule has 0 atom stereocenters. The van der Waals surface area contributed by atoms with E-state index in [1.807, 2.05) is 20.8 Å². The zero-order valence-electron chi connectivity index (χ0n) is 17.3. The molecule has 0 radical (unpaired) electrons. The molecule has 8 heteroatoms. The van der Waals surface area contributed by atoms with E-state index in [9.17, 15) is 14.0 Å². The fraction of sp³-hybridized carbons (Fsp3) is 0.318. The molecule has 2 N–H and O–H groups in total. The van der Waals surface area contributed by atoms with E-state index in [-0.39, 0.29) is 35.8 Å². The van der Waals surface area contributed by atoms with Crippen LogP contribution in [0.1, 0.15) is 27.7 Å². The number of carbonyl (C=O) groups is 1. The van der Waals surface area contributed by atoms with E-state index < -0.39 is 11.4 Å². The van der Waals surface area contributed by atoms with Crippen LogP contribution in [0.15, 0.2) is 41.2 Å². The van der Waals surface area contributed by atoms with Crippen LogP contribution in [-0.4, -0.2) is 34.6 Å². The first-order valence-corrected chi connectivity index (χ1v) is 9.57. The van der Waals surface area contributed by atoms with E-state index in [2.05, 4.69) is 15.3 Å². The standard InChI is InChI=1S/C22H24FN3O4/c1-5-29-19-15(23)9-10-16-18(19)21(28)25-20(24-16)13-7-6-8-14(11-13)30-12-17(27)26-22(2,3)4/h6-11H,5,12H2,1-4H3,(H,26,27)(H,24,25,28). The molecule has 0 aliphatic carbocycles. The summed E-state index contributed by atoms with van der Waals surface area (Å²) in [5.41, 5.74) is 0.0460. The number of halogens is 1. The minimum absolute atomic E-state index is 0.0619. The summed E-state index contributed by atoms with van der Waals surface area (Å²) < 4.78 is 24.9. The van der Waals surface area contributed by atoms with Crippen molar-refractivity contribution < 1.29 is 18.7 Å². The Hall–Kier alpha value is -3.42. The van der Waals surface area contributed by atoms with Gasteiger partial charge in [-0.15, -0.1) is 0 Å². The van der Waals surface area contributed by atoms with Gasteiger partial charge in [0.2, 0.25) is 0 Å². The highest BCUT2D eigenvalue weighted by Crippen LogP contribution is 2.27. The second kappa shape index (κ2) is 8.52. The molecule has 158 valence electrons. The number of fused-ring (bicyclic) bond motifs is 1. The van der Waals surface area contributed by atoms with Gasteiger partial charge in [0, 0.05) is 11.1 Å². The first-order chi connectivity index (χ1) is 14.2.